The lowest BCUT2D eigenvalue weighted by molar-refractivity contribution is 0.0400. The molecular weight excluding hydrogens is 164 g/mol. The predicted molar refractivity (Wildman–Crippen MR) is 51.8 cm³/mol. The van der Waals surface area contributed by atoms with Crippen molar-refractivity contribution in [2.75, 3.05) is 39.9 Å². The maximum Gasteiger partial charge on any atom is 0.0639 e. The highest BCUT2D eigenvalue weighted by Gasteiger charge is 2.27. The lowest BCUT2D eigenvalue weighted by atomic mass is 9.89. The second-order valence-corrected chi connectivity index (χ2v) is 4.19. The van der Waals surface area contributed by atoms with Gasteiger partial charge in [0.2, 0.25) is 0 Å². The van der Waals surface area contributed by atoms with Gasteiger partial charge in [-0.05, 0) is 38.9 Å². The number of hydrogen-bond acceptors (Lipinski definition) is 2. The summed E-state index contributed by atoms with van der Waals surface area (Å²) in [5, 5.41) is 4.63. The van der Waals surface area contributed by atoms with Crippen LogP contribution in [-0.2, 0) is 4.74 Å². The van der Waals surface area contributed by atoms with Crippen molar-refractivity contribution < 1.29 is 4.74 Å². The fourth-order valence-corrected chi connectivity index (χ4v) is 2.24. The van der Waals surface area contributed by atoms with E-state index in [-0.39, 0.29) is 0 Å². The third-order valence-corrected chi connectivity index (χ3v) is 3.20. The normalized spacial score (nSPS) is 33.5. The van der Waals surface area contributed by atoms with E-state index >= 15 is 0 Å². The van der Waals surface area contributed by atoms with Gasteiger partial charge >= 0.3 is 0 Å². The molecule has 1 atom stereocenters. The van der Waals surface area contributed by atoms with Gasteiger partial charge in [0.15, 0.2) is 0 Å². The molecule has 13 heavy (non-hydrogen) atoms. The fraction of sp³-hybridized carbons (Fsp3) is 1.00. The van der Waals surface area contributed by atoms with E-state index in [1.54, 1.807) is 0 Å². The summed E-state index contributed by atoms with van der Waals surface area (Å²) in [4.78, 5) is 2.40. The minimum Gasteiger partial charge on any atom is -0.378 e. The number of morpholine rings is 1. The van der Waals surface area contributed by atoms with Crippen LogP contribution in [0.4, 0.5) is 0 Å². The molecule has 75 valence electrons. The first kappa shape index (κ1) is 9.44. The van der Waals surface area contributed by atoms with E-state index in [2.05, 4.69) is 17.3 Å². The molecule has 2 aliphatic rings. The van der Waals surface area contributed by atoms with Crippen LogP contribution in [0, 0.1) is 5.92 Å². The van der Waals surface area contributed by atoms with Crippen LogP contribution in [-0.4, -0.2) is 50.8 Å². The largest absolute Gasteiger partial charge is 0.378 e. The van der Waals surface area contributed by atoms with Gasteiger partial charge in [0.1, 0.15) is 0 Å². The molecule has 2 rings (SSSR count). The Bertz CT molecular complexity index is 149. The van der Waals surface area contributed by atoms with Gasteiger partial charge in [-0.3, -0.25) is 0 Å². The van der Waals surface area contributed by atoms with Gasteiger partial charge in [-0.25, -0.2) is 5.32 Å². The molecular formula is C10H19N2O. The van der Waals surface area contributed by atoms with Crippen molar-refractivity contribution in [3.05, 3.63) is 0 Å². The van der Waals surface area contributed by atoms with Gasteiger partial charge in [0, 0.05) is 6.54 Å². The molecule has 2 fully saturated rings. The Kier molecular flexibility index (Phi) is 3.19. The van der Waals surface area contributed by atoms with E-state index in [1.165, 1.54) is 25.9 Å². The van der Waals surface area contributed by atoms with Crippen LogP contribution in [0.3, 0.4) is 0 Å². The molecule has 0 saturated carbocycles. The van der Waals surface area contributed by atoms with Crippen LogP contribution in [0.5, 0.6) is 0 Å². The average Bonchev–Trinajstić information content (AvgIpc) is 2.20. The summed E-state index contributed by atoms with van der Waals surface area (Å²) in [6, 6.07) is 0.502. The molecule has 2 saturated heterocycles. The first-order valence-electron chi connectivity index (χ1n) is 5.29. The van der Waals surface area contributed by atoms with Gasteiger partial charge < -0.3 is 9.64 Å². The molecule has 0 amide bonds. The summed E-state index contributed by atoms with van der Waals surface area (Å²) in [6.45, 7) is 5.09. The molecule has 2 heterocycles. The van der Waals surface area contributed by atoms with Gasteiger partial charge in [-0.15, -0.1) is 0 Å². The highest BCUT2D eigenvalue weighted by atomic mass is 16.5. The number of hydrogen-bond donors (Lipinski definition) is 0. The smallest absolute Gasteiger partial charge is 0.0639 e. The maximum absolute atomic E-state index is 5.45. The first-order chi connectivity index (χ1) is 6.36. The molecule has 3 nitrogen and oxygen atoms in total. The number of piperidine rings is 1. The summed E-state index contributed by atoms with van der Waals surface area (Å²) in [6.07, 6.45) is 2.60. The number of nitrogens with zero attached hydrogens (tertiary/aromatic N) is 2. The van der Waals surface area contributed by atoms with Crippen molar-refractivity contribution in [2.45, 2.75) is 18.9 Å². The van der Waals surface area contributed by atoms with Crippen LogP contribution in [0.25, 0.3) is 0 Å². The van der Waals surface area contributed by atoms with Gasteiger partial charge in [-0.2, -0.15) is 0 Å². The van der Waals surface area contributed by atoms with Crippen molar-refractivity contribution in [2.24, 2.45) is 5.92 Å². The zero-order chi connectivity index (χ0) is 9.10. The van der Waals surface area contributed by atoms with E-state index in [4.69, 9.17) is 4.74 Å². The van der Waals surface area contributed by atoms with E-state index < -0.39 is 0 Å². The number of rotatable bonds is 1. The van der Waals surface area contributed by atoms with Crippen LogP contribution in [0.1, 0.15) is 12.8 Å². The number of ether oxygens (including phenoxy) is 1. The molecule has 0 spiro atoms. The topological polar surface area (TPSA) is 26.6 Å². The van der Waals surface area contributed by atoms with Crippen LogP contribution in [0.2, 0.25) is 0 Å². The molecule has 1 unspecified atom stereocenters. The van der Waals surface area contributed by atoms with Crippen LogP contribution in [0.15, 0.2) is 0 Å². The van der Waals surface area contributed by atoms with Crippen LogP contribution < -0.4 is 5.32 Å². The molecule has 0 aromatic carbocycles. The van der Waals surface area contributed by atoms with Crippen LogP contribution >= 0.6 is 0 Å². The van der Waals surface area contributed by atoms with Gasteiger partial charge in [0.05, 0.1) is 19.3 Å². The first-order valence-corrected chi connectivity index (χ1v) is 5.29. The molecule has 0 aliphatic carbocycles. The summed E-state index contributed by atoms with van der Waals surface area (Å²) in [5.41, 5.74) is 0. The van der Waals surface area contributed by atoms with Gasteiger partial charge in [-0.1, -0.05) is 0 Å². The highest BCUT2D eigenvalue weighted by Crippen LogP contribution is 2.21. The minimum absolute atomic E-state index is 0.502. The van der Waals surface area contributed by atoms with Crippen molar-refractivity contribution >= 4 is 0 Å². The summed E-state index contributed by atoms with van der Waals surface area (Å²) in [7, 11) is 2.20. The lowest BCUT2D eigenvalue weighted by Gasteiger charge is -2.35. The Morgan fingerprint density at radius 2 is 2.08 bits per heavy atom. The molecule has 0 N–H and O–H groups in total. The summed E-state index contributed by atoms with van der Waals surface area (Å²) >= 11 is 0. The third-order valence-electron chi connectivity index (χ3n) is 3.20. The number of likely N-dealkylation sites (tertiary alicyclic amines) is 1. The molecule has 2 aliphatic heterocycles. The maximum atomic E-state index is 5.45. The van der Waals surface area contributed by atoms with Crippen molar-refractivity contribution in [1.29, 1.82) is 0 Å². The quantitative estimate of drug-likeness (QED) is 0.586. The second-order valence-electron chi connectivity index (χ2n) is 4.19. The average molecular weight is 183 g/mol. The monoisotopic (exact) mass is 183 g/mol. The zero-order valence-electron chi connectivity index (χ0n) is 8.41. The lowest BCUT2D eigenvalue weighted by Crippen LogP contribution is -2.45. The minimum atomic E-state index is 0.502. The van der Waals surface area contributed by atoms with Gasteiger partial charge in [0.25, 0.3) is 0 Å². The van der Waals surface area contributed by atoms with Crippen molar-refractivity contribution in [3.8, 4) is 0 Å². The second kappa shape index (κ2) is 4.40. The van der Waals surface area contributed by atoms with E-state index in [0.29, 0.717) is 6.04 Å². The summed E-state index contributed by atoms with van der Waals surface area (Å²) in [5.74, 6) is 0.788. The Hall–Kier alpha value is -0.120. The van der Waals surface area contributed by atoms with E-state index in [1.807, 2.05) is 0 Å². The Morgan fingerprint density at radius 3 is 2.69 bits per heavy atom. The Balaban J connectivity index is 1.79. The van der Waals surface area contributed by atoms with Crippen molar-refractivity contribution in [1.82, 2.24) is 10.2 Å². The van der Waals surface area contributed by atoms with E-state index in [9.17, 15) is 0 Å². The highest BCUT2D eigenvalue weighted by molar-refractivity contribution is 4.82. The predicted octanol–water partition coefficient (Wildman–Crippen LogP) is 0.331. The molecule has 1 radical (unpaired) electrons. The zero-order valence-corrected chi connectivity index (χ0v) is 8.41. The Labute approximate surface area is 80.4 Å². The summed E-state index contributed by atoms with van der Waals surface area (Å²) < 4.78 is 5.45. The SMILES string of the molecule is CN1CCC(C2COCC[N]2)CC1. The fourth-order valence-electron chi connectivity index (χ4n) is 2.24. The standard InChI is InChI=1S/C10H19N2O/c1-12-5-2-9(3-6-12)10-8-13-7-4-11-10/h9-10H,2-8H2,1H3. The molecule has 0 aromatic heterocycles. The molecule has 0 bridgehead atoms. The van der Waals surface area contributed by atoms with Crippen molar-refractivity contribution in [3.63, 3.8) is 0 Å². The molecule has 3 heteroatoms. The third kappa shape index (κ3) is 2.42. The molecule has 0 aromatic rings. The Morgan fingerprint density at radius 1 is 1.31 bits per heavy atom. The van der Waals surface area contributed by atoms with E-state index in [0.717, 1.165) is 25.7 Å².